The number of carbonyl (C=O) groups is 3. The van der Waals surface area contributed by atoms with Crippen LogP contribution in [0, 0.1) is 10.1 Å². The van der Waals surface area contributed by atoms with Crippen molar-refractivity contribution in [2.45, 2.75) is 19.9 Å². The fourth-order valence-corrected chi connectivity index (χ4v) is 4.59. The minimum absolute atomic E-state index is 0.148. The Bertz CT molecular complexity index is 1430. The second kappa shape index (κ2) is 12.4. The molecule has 0 aliphatic carbocycles. The number of Topliss-reactive ketones (excluding diaryl/α,β-unsaturated/α-hetero) is 1. The molecule has 4 rings (SSSR count). The molecular formula is C30H29N3O7. The lowest BCUT2D eigenvalue weighted by atomic mass is 9.95. The number of hydrogen-bond acceptors (Lipinski definition) is 8. The van der Waals surface area contributed by atoms with E-state index in [1.807, 2.05) is 13.8 Å². The predicted molar refractivity (Wildman–Crippen MR) is 149 cm³/mol. The largest absolute Gasteiger partial charge is 0.507 e. The monoisotopic (exact) mass is 543 g/mol. The topological polar surface area (TPSA) is 130 Å². The van der Waals surface area contributed by atoms with Gasteiger partial charge in [-0.05, 0) is 55.1 Å². The summed E-state index contributed by atoms with van der Waals surface area (Å²) in [5, 5.41) is 22.3. The van der Waals surface area contributed by atoms with Crippen LogP contribution in [0.5, 0.6) is 0 Å². The highest BCUT2D eigenvalue weighted by molar-refractivity contribution is 6.51. The number of amides is 1. The van der Waals surface area contributed by atoms with Crippen molar-refractivity contribution in [3.05, 3.63) is 111 Å². The molecule has 0 aromatic heterocycles. The smallest absolute Gasteiger partial charge is 0.338 e. The van der Waals surface area contributed by atoms with Gasteiger partial charge in [0.2, 0.25) is 0 Å². The van der Waals surface area contributed by atoms with Crippen molar-refractivity contribution < 1.29 is 29.2 Å². The van der Waals surface area contributed by atoms with Crippen molar-refractivity contribution in [2.24, 2.45) is 0 Å². The van der Waals surface area contributed by atoms with Crippen LogP contribution in [0.2, 0.25) is 0 Å². The number of aliphatic hydroxyl groups is 1. The molecule has 1 aliphatic heterocycles. The van der Waals surface area contributed by atoms with Crippen LogP contribution in [-0.4, -0.2) is 58.8 Å². The molecule has 10 heteroatoms. The molecule has 3 aromatic carbocycles. The Morgan fingerprint density at radius 1 is 0.950 bits per heavy atom. The van der Waals surface area contributed by atoms with E-state index in [1.165, 1.54) is 53.4 Å². The van der Waals surface area contributed by atoms with Gasteiger partial charge in [0.15, 0.2) is 0 Å². The first kappa shape index (κ1) is 28.2. The third-order valence-electron chi connectivity index (χ3n) is 6.83. The molecular weight excluding hydrogens is 514 g/mol. The first-order chi connectivity index (χ1) is 19.3. The number of carbonyl (C=O) groups excluding carboxylic acids is 3. The molecule has 0 saturated carbocycles. The van der Waals surface area contributed by atoms with Gasteiger partial charge in [0.25, 0.3) is 17.4 Å². The van der Waals surface area contributed by atoms with Crippen LogP contribution in [0.1, 0.15) is 41.4 Å². The predicted octanol–water partition coefficient (Wildman–Crippen LogP) is 4.72. The second-order valence-corrected chi connectivity index (χ2v) is 9.09. The zero-order valence-corrected chi connectivity index (χ0v) is 22.1. The summed E-state index contributed by atoms with van der Waals surface area (Å²) < 4.78 is 5.37. The molecule has 0 spiro atoms. The number of nitrogens with zero attached hydrogens (tertiary/aromatic N) is 3. The summed E-state index contributed by atoms with van der Waals surface area (Å²) in [6.45, 7) is 6.58. The molecule has 1 saturated heterocycles. The Morgan fingerprint density at radius 2 is 1.57 bits per heavy atom. The number of rotatable bonds is 10. The molecule has 3 aromatic rings. The van der Waals surface area contributed by atoms with Crippen molar-refractivity contribution in [1.29, 1.82) is 0 Å². The van der Waals surface area contributed by atoms with Crippen LogP contribution in [0.4, 0.5) is 11.4 Å². The SMILES string of the molecule is CCN(CC)CCOC(=O)c1ccc(N2C(=O)C(=O)/C(=C(\O)c3ccccc3)C2c2ccc([N+](=O)[O-])cc2)cc1. The summed E-state index contributed by atoms with van der Waals surface area (Å²) >= 11 is 0. The van der Waals surface area contributed by atoms with Gasteiger partial charge in [-0.1, -0.05) is 44.2 Å². The van der Waals surface area contributed by atoms with E-state index in [-0.39, 0.29) is 29.2 Å². The van der Waals surface area contributed by atoms with Crippen LogP contribution in [0.25, 0.3) is 5.76 Å². The molecule has 206 valence electrons. The van der Waals surface area contributed by atoms with Gasteiger partial charge in [0.1, 0.15) is 12.4 Å². The normalized spacial score (nSPS) is 16.4. The maximum Gasteiger partial charge on any atom is 0.338 e. The average molecular weight is 544 g/mol. The molecule has 10 nitrogen and oxygen atoms in total. The number of ketones is 1. The third kappa shape index (κ3) is 5.76. The van der Waals surface area contributed by atoms with Gasteiger partial charge >= 0.3 is 5.97 Å². The van der Waals surface area contributed by atoms with Gasteiger partial charge < -0.3 is 14.7 Å². The van der Waals surface area contributed by atoms with Crippen LogP contribution in [0.15, 0.2) is 84.4 Å². The van der Waals surface area contributed by atoms with E-state index in [1.54, 1.807) is 30.3 Å². The Morgan fingerprint density at radius 3 is 2.15 bits per heavy atom. The maximum atomic E-state index is 13.3. The molecule has 1 fully saturated rings. The van der Waals surface area contributed by atoms with E-state index in [9.17, 15) is 29.6 Å². The van der Waals surface area contributed by atoms with E-state index in [0.717, 1.165) is 13.1 Å². The zero-order chi connectivity index (χ0) is 28.8. The fraction of sp³-hybridized carbons (Fsp3) is 0.233. The first-order valence-corrected chi connectivity index (χ1v) is 12.9. The number of nitro groups is 1. The standard InChI is InChI=1S/C30H29N3O7/c1-3-31(4-2)18-19-40-30(37)22-12-14-23(15-13-22)32-26(20-10-16-24(17-11-20)33(38)39)25(28(35)29(32)36)27(34)21-8-6-5-7-9-21/h5-17,26,34H,3-4,18-19H2,1-2H3/b27-25-. The lowest BCUT2D eigenvalue weighted by molar-refractivity contribution is -0.384. The van der Waals surface area contributed by atoms with Gasteiger partial charge in [-0.25, -0.2) is 4.79 Å². The van der Waals surface area contributed by atoms with Crippen molar-refractivity contribution in [3.63, 3.8) is 0 Å². The highest BCUT2D eigenvalue weighted by Gasteiger charge is 2.47. The number of esters is 1. The summed E-state index contributed by atoms with van der Waals surface area (Å²) in [7, 11) is 0. The highest BCUT2D eigenvalue weighted by Crippen LogP contribution is 2.42. The number of likely N-dealkylation sites (N-methyl/N-ethyl adjacent to an activating group) is 1. The molecule has 40 heavy (non-hydrogen) atoms. The van der Waals surface area contributed by atoms with Crippen molar-refractivity contribution >= 4 is 34.8 Å². The van der Waals surface area contributed by atoms with E-state index in [2.05, 4.69) is 4.90 Å². The lowest BCUT2D eigenvalue weighted by Crippen LogP contribution is -2.29. The molecule has 0 bridgehead atoms. The maximum absolute atomic E-state index is 13.3. The number of anilines is 1. The minimum Gasteiger partial charge on any atom is -0.507 e. The van der Waals surface area contributed by atoms with Gasteiger partial charge in [-0.2, -0.15) is 0 Å². The van der Waals surface area contributed by atoms with Gasteiger partial charge in [-0.15, -0.1) is 0 Å². The summed E-state index contributed by atoms with van der Waals surface area (Å²) in [5.41, 5.74) is 1.00. The average Bonchev–Trinajstić information content (AvgIpc) is 3.25. The molecule has 1 heterocycles. The molecule has 1 N–H and O–H groups in total. The number of nitro benzene ring substituents is 1. The van der Waals surface area contributed by atoms with Crippen LogP contribution < -0.4 is 4.90 Å². The quantitative estimate of drug-likeness (QED) is 0.0971. The molecule has 1 atom stereocenters. The Hall–Kier alpha value is -4.83. The Kier molecular flexibility index (Phi) is 8.70. The summed E-state index contributed by atoms with van der Waals surface area (Å²) in [6, 6.07) is 18.8. The van der Waals surface area contributed by atoms with E-state index in [4.69, 9.17) is 4.74 Å². The molecule has 1 amide bonds. The summed E-state index contributed by atoms with van der Waals surface area (Å²) in [4.78, 5) is 53.1. The fourth-order valence-electron chi connectivity index (χ4n) is 4.59. The van der Waals surface area contributed by atoms with E-state index >= 15 is 0 Å². The lowest BCUT2D eigenvalue weighted by Gasteiger charge is -2.25. The van der Waals surface area contributed by atoms with Crippen LogP contribution >= 0.6 is 0 Å². The third-order valence-corrected chi connectivity index (χ3v) is 6.83. The first-order valence-electron chi connectivity index (χ1n) is 12.9. The van der Waals surface area contributed by atoms with Crippen molar-refractivity contribution in [1.82, 2.24) is 4.90 Å². The number of ether oxygens (including phenoxy) is 1. The van der Waals surface area contributed by atoms with Crippen LogP contribution in [-0.2, 0) is 14.3 Å². The Labute approximate surface area is 231 Å². The summed E-state index contributed by atoms with van der Waals surface area (Å²) in [5.74, 6) is -2.66. The molecule has 1 unspecified atom stereocenters. The van der Waals surface area contributed by atoms with Crippen LogP contribution in [0.3, 0.4) is 0 Å². The minimum atomic E-state index is -1.06. The second-order valence-electron chi connectivity index (χ2n) is 9.09. The van der Waals surface area contributed by atoms with Gasteiger partial charge in [-0.3, -0.25) is 24.6 Å². The van der Waals surface area contributed by atoms with E-state index in [0.29, 0.717) is 23.4 Å². The van der Waals surface area contributed by atoms with Gasteiger partial charge in [0, 0.05) is 29.9 Å². The zero-order valence-electron chi connectivity index (χ0n) is 22.1. The molecule has 0 radical (unpaired) electrons. The number of benzene rings is 3. The van der Waals surface area contributed by atoms with Crippen molar-refractivity contribution in [3.8, 4) is 0 Å². The van der Waals surface area contributed by atoms with Gasteiger partial charge in [0.05, 0.1) is 22.1 Å². The number of hydrogen-bond donors (Lipinski definition) is 1. The molecule has 1 aliphatic rings. The Balaban J connectivity index is 1.69. The number of non-ortho nitro benzene ring substituents is 1. The highest BCUT2D eigenvalue weighted by atomic mass is 16.6. The summed E-state index contributed by atoms with van der Waals surface area (Å²) in [6.07, 6.45) is 0. The van der Waals surface area contributed by atoms with E-state index < -0.39 is 28.6 Å². The number of aliphatic hydroxyl groups excluding tert-OH is 1. The van der Waals surface area contributed by atoms with Crippen molar-refractivity contribution in [2.75, 3.05) is 31.1 Å².